The van der Waals surface area contributed by atoms with Crippen molar-refractivity contribution < 1.29 is 14.4 Å². The zero-order chi connectivity index (χ0) is 22.4. The van der Waals surface area contributed by atoms with Crippen molar-refractivity contribution in [1.29, 1.82) is 0 Å². The van der Waals surface area contributed by atoms with E-state index in [-0.39, 0.29) is 5.60 Å². The number of pyridine rings is 1. The lowest BCUT2D eigenvalue weighted by molar-refractivity contribution is -0.906. The molecule has 0 bridgehead atoms. The molecule has 0 spiro atoms. The fraction of sp³-hybridized carbons (Fsp3) is 0.625. The Labute approximate surface area is 198 Å². The highest BCUT2D eigenvalue weighted by Gasteiger charge is 2.33. The molecule has 0 unspecified atom stereocenters. The van der Waals surface area contributed by atoms with E-state index < -0.39 is 0 Å². The second-order valence-electron chi connectivity index (χ2n) is 10.0. The number of hydrogen-bond acceptors (Lipinski definition) is 8. The molecule has 8 nitrogen and oxygen atoms in total. The van der Waals surface area contributed by atoms with E-state index in [0.717, 1.165) is 85.6 Å². The third-order valence-corrected chi connectivity index (χ3v) is 8.26. The molecule has 6 heterocycles. The van der Waals surface area contributed by atoms with Gasteiger partial charge in [-0.25, -0.2) is 15.0 Å². The number of aromatic nitrogens is 3. The van der Waals surface area contributed by atoms with Gasteiger partial charge in [-0.1, -0.05) is 0 Å². The largest absolute Gasteiger partial charge is 0.370 e. The van der Waals surface area contributed by atoms with Crippen LogP contribution < -0.4 is 15.1 Å². The van der Waals surface area contributed by atoms with Gasteiger partial charge in [0.05, 0.1) is 48.7 Å². The van der Waals surface area contributed by atoms with Crippen LogP contribution in [-0.4, -0.2) is 73.0 Å². The predicted octanol–water partition coefficient (Wildman–Crippen LogP) is 2.02. The van der Waals surface area contributed by atoms with Crippen molar-refractivity contribution in [3.8, 4) is 0 Å². The topological polar surface area (TPSA) is 76.8 Å². The number of nitrogens with one attached hydrogen (secondary N) is 2. The maximum Gasteiger partial charge on any atom is 0.147 e. The number of fused-ring (bicyclic) bond motifs is 5. The lowest BCUT2D eigenvalue weighted by atomic mass is 9.90. The molecule has 0 radical (unpaired) electrons. The monoisotopic (exact) mass is 469 g/mol. The summed E-state index contributed by atoms with van der Waals surface area (Å²) in [4.78, 5) is 19.7. The molecule has 3 aliphatic heterocycles. The lowest BCUT2D eigenvalue weighted by Gasteiger charge is -2.34. The van der Waals surface area contributed by atoms with Gasteiger partial charge in [0.25, 0.3) is 0 Å². The predicted molar refractivity (Wildman–Crippen MR) is 132 cm³/mol. The molecule has 6 rings (SSSR count). The number of rotatable bonds is 5. The molecule has 2 saturated heterocycles. The molecular weight excluding hydrogens is 436 g/mol. The fourth-order valence-electron chi connectivity index (χ4n) is 5.37. The third-order valence-electron chi connectivity index (χ3n) is 7.18. The maximum atomic E-state index is 6.24. The van der Waals surface area contributed by atoms with Crippen LogP contribution in [0.15, 0.2) is 6.33 Å². The first kappa shape index (κ1) is 21.5. The molecule has 2 N–H and O–H groups in total. The van der Waals surface area contributed by atoms with Crippen LogP contribution in [0.1, 0.15) is 37.8 Å². The first-order valence-electron chi connectivity index (χ1n) is 12.2. The van der Waals surface area contributed by atoms with Crippen LogP contribution in [0.5, 0.6) is 0 Å². The number of thiophene rings is 1. The lowest BCUT2D eigenvalue weighted by Crippen LogP contribution is -3.14. The Morgan fingerprint density at radius 3 is 2.79 bits per heavy atom. The summed E-state index contributed by atoms with van der Waals surface area (Å²) < 4.78 is 12.8. The molecule has 176 valence electrons. The van der Waals surface area contributed by atoms with Crippen LogP contribution in [-0.2, 0) is 22.5 Å². The number of hydrogen-bond donors (Lipinski definition) is 2. The Balaban J connectivity index is 1.40. The van der Waals surface area contributed by atoms with Gasteiger partial charge in [0, 0.05) is 30.5 Å². The van der Waals surface area contributed by atoms with Gasteiger partial charge in [-0.05, 0) is 32.3 Å². The average Bonchev–Trinajstić information content (AvgIpc) is 3.47. The van der Waals surface area contributed by atoms with Crippen LogP contribution in [0.3, 0.4) is 0 Å². The number of ether oxygens (including phenoxy) is 2. The van der Waals surface area contributed by atoms with Gasteiger partial charge in [-0.2, -0.15) is 0 Å². The number of morpholine rings is 1. The van der Waals surface area contributed by atoms with Crippen molar-refractivity contribution in [1.82, 2.24) is 15.0 Å². The fourth-order valence-corrected chi connectivity index (χ4v) is 6.49. The Morgan fingerprint density at radius 1 is 1.15 bits per heavy atom. The third kappa shape index (κ3) is 4.05. The quantitative estimate of drug-likeness (QED) is 0.592. The van der Waals surface area contributed by atoms with Crippen molar-refractivity contribution in [2.45, 2.75) is 45.3 Å². The summed E-state index contributed by atoms with van der Waals surface area (Å²) in [5.41, 5.74) is 3.47. The summed E-state index contributed by atoms with van der Waals surface area (Å²) in [5, 5.41) is 4.80. The van der Waals surface area contributed by atoms with Gasteiger partial charge in [-0.15, -0.1) is 11.3 Å². The molecule has 9 heteroatoms. The highest BCUT2D eigenvalue weighted by molar-refractivity contribution is 7.26. The van der Waals surface area contributed by atoms with E-state index in [1.54, 1.807) is 22.6 Å². The number of quaternary nitrogens is 1. The molecule has 3 aromatic heterocycles. The molecule has 0 aromatic carbocycles. The maximum absolute atomic E-state index is 6.24. The summed E-state index contributed by atoms with van der Waals surface area (Å²) in [6, 6.07) is 0. The Kier molecular flexibility index (Phi) is 5.60. The van der Waals surface area contributed by atoms with Gasteiger partial charge in [-0.3, -0.25) is 0 Å². The molecule has 3 aliphatic rings. The van der Waals surface area contributed by atoms with Crippen LogP contribution in [0.4, 0.5) is 11.6 Å². The standard InChI is InChI=1S/C24H32N6O2S/c1-24(2)13-16-17(14-32-24)22(30-6-3-4-7-30)28-23-18(16)19-20(33-23)21(27-15-26-19)25-5-8-29-9-11-31-12-10-29/h15H,3-14H2,1-2H3,(H,25,26,27)/p+1. The van der Waals surface area contributed by atoms with E-state index in [2.05, 4.69) is 29.0 Å². The second-order valence-corrected chi connectivity index (χ2v) is 11.0. The molecule has 3 aromatic rings. The summed E-state index contributed by atoms with van der Waals surface area (Å²) in [5.74, 6) is 2.05. The average molecular weight is 470 g/mol. The molecule has 0 amide bonds. The zero-order valence-corrected chi connectivity index (χ0v) is 20.4. The molecule has 0 aliphatic carbocycles. The van der Waals surface area contributed by atoms with E-state index in [1.165, 1.54) is 29.4 Å². The van der Waals surface area contributed by atoms with E-state index >= 15 is 0 Å². The zero-order valence-electron chi connectivity index (χ0n) is 19.6. The molecule has 33 heavy (non-hydrogen) atoms. The SMILES string of the molecule is CC1(C)Cc2c(c(N3CCCC3)nc3sc4c(NCC[NH+]5CCOCC5)ncnc4c23)CO1. The van der Waals surface area contributed by atoms with Crippen LogP contribution in [0.25, 0.3) is 20.4 Å². The smallest absolute Gasteiger partial charge is 0.147 e. The summed E-state index contributed by atoms with van der Waals surface area (Å²) in [6.45, 7) is 13.0. The number of anilines is 2. The Hall–Kier alpha value is -2.07. The van der Waals surface area contributed by atoms with Gasteiger partial charge < -0.3 is 24.6 Å². The second kappa shape index (κ2) is 8.61. The van der Waals surface area contributed by atoms with E-state index in [9.17, 15) is 0 Å². The molecular formula is C24H33N6O2S+. The van der Waals surface area contributed by atoms with Crippen molar-refractivity contribution in [2.24, 2.45) is 0 Å². The number of nitrogens with zero attached hydrogens (tertiary/aromatic N) is 4. The minimum Gasteiger partial charge on any atom is -0.370 e. The van der Waals surface area contributed by atoms with Gasteiger partial charge in [0.1, 0.15) is 35.9 Å². The minimum atomic E-state index is -0.188. The van der Waals surface area contributed by atoms with Crippen molar-refractivity contribution >= 4 is 43.4 Å². The summed E-state index contributed by atoms with van der Waals surface area (Å²) >= 11 is 1.73. The molecule has 0 atom stereocenters. The van der Waals surface area contributed by atoms with E-state index in [0.29, 0.717) is 6.61 Å². The van der Waals surface area contributed by atoms with Gasteiger partial charge in [0.2, 0.25) is 0 Å². The van der Waals surface area contributed by atoms with Gasteiger partial charge in [0.15, 0.2) is 0 Å². The summed E-state index contributed by atoms with van der Waals surface area (Å²) in [6.07, 6.45) is 5.04. The van der Waals surface area contributed by atoms with E-state index in [1.807, 2.05) is 0 Å². The first-order chi connectivity index (χ1) is 16.1. The van der Waals surface area contributed by atoms with Crippen LogP contribution in [0, 0.1) is 0 Å². The Bertz CT molecular complexity index is 1170. The van der Waals surface area contributed by atoms with Crippen molar-refractivity contribution in [3.63, 3.8) is 0 Å². The van der Waals surface area contributed by atoms with E-state index in [4.69, 9.17) is 19.4 Å². The Morgan fingerprint density at radius 2 is 1.97 bits per heavy atom. The first-order valence-corrected chi connectivity index (χ1v) is 13.0. The molecule has 0 saturated carbocycles. The normalized spacial score (nSPS) is 21.1. The highest BCUT2D eigenvalue weighted by Crippen LogP contribution is 2.44. The minimum absolute atomic E-state index is 0.188. The molecule has 2 fully saturated rings. The van der Waals surface area contributed by atoms with Crippen LogP contribution in [0.2, 0.25) is 0 Å². The van der Waals surface area contributed by atoms with Crippen LogP contribution >= 0.6 is 11.3 Å². The van der Waals surface area contributed by atoms with Gasteiger partial charge >= 0.3 is 0 Å². The highest BCUT2D eigenvalue weighted by atomic mass is 32.1. The van der Waals surface area contributed by atoms with Crippen molar-refractivity contribution in [3.05, 3.63) is 17.5 Å². The van der Waals surface area contributed by atoms with Crippen molar-refractivity contribution in [2.75, 3.05) is 62.7 Å². The summed E-state index contributed by atoms with van der Waals surface area (Å²) in [7, 11) is 0.